The molecule has 2 rings (SSSR count). The molecule has 20 heavy (non-hydrogen) atoms. The molecule has 2 aromatic carbocycles. The Kier molecular flexibility index (Phi) is 4.48. The van der Waals surface area contributed by atoms with E-state index in [9.17, 15) is 4.79 Å². The first-order valence-corrected chi connectivity index (χ1v) is 6.56. The van der Waals surface area contributed by atoms with E-state index < -0.39 is 0 Å². The van der Waals surface area contributed by atoms with Crippen molar-refractivity contribution in [2.75, 3.05) is 17.7 Å². The van der Waals surface area contributed by atoms with Crippen LogP contribution in [0.15, 0.2) is 42.5 Å². The predicted molar refractivity (Wildman–Crippen MR) is 81.4 cm³/mol. The van der Waals surface area contributed by atoms with E-state index in [1.54, 1.807) is 42.5 Å². The molecule has 0 bridgehead atoms. The molecule has 0 aliphatic rings. The molecule has 0 saturated heterocycles. The lowest BCUT2D eigenvalue weighted by molar-refractivity contribution is 0.102. The van der Waals surface area contributed by atoms with E-state index in [2.05, 4.69) is 5.32 Å². The lowest BCUT2D eigenvalue weighted by atomic mass is 10.1. The first-order chi connectivity index (χ1) is 9.58. The molecule has 0 unspecified atom stereocenters. The summed E-state index contributed by atoms with van der Waals surface area (Å²) in [6.07, 6.45) is 0. The predicted octanol–water partition coefficient (Wildman–Crippen LogP) is 3.57. The maximum atomic E-state index is 12.2. The van der Waals surface area contributed by atoms with Crippen LogP contribution in [-0.4, -0.2) is 12.5 Å². The molecular weight excluding hydrogens is 276 g/mol. The molecule has 0 aromatic heterocycles. The highest BCUT2D eigenvalue weighted by Crippen LogP contribution is 2.21. The van der Waals surface area contributed by atoms with E-state index in [0.29, 0.717) is 34.3 Å². The third kappa shape index (κ3) is 3.65. The fourth-order valence-corrected chi connectivity index (χ4v) is 1.96. The summed E-state index contributed by atoms with van der Waals surface area (Å²) in [7, 11) is 0. The lowest BCUT2D eigenvalue weighted by Gasteiger charge is -2.09. The van der Waals surface area contributed by atoms with Crippen molar-refractivity contribution in [3.05, 3.63) is 53.1 Å². The van der Waals surface area contributed by atoms with Crippen molar-refractivity contribution in [2.45, 2.75) is 6.92 Å². The van der Waals surface area contributed by atoms with Crippen LogP contribution in [-0.2, 0) is 0 Å². The Morgan fingerprint density at radius 2 is 2.10 bits per heavy atom. The standard InChI is InChI=1S/C15H15ClN2O2/c1-2-20-14-7-10(6-12(17)9-14)15(19)18-13-5-3-4-11(16)8-13/h3-9H,2,17H2,1H3,(H,18,19). The molecule has 4 nitrogen and oxygen atoms in total. The average Bonchev–Trinajstić information content (AvgIpc) is 2.38. The van der Waals surface area contributed by atoms with Crippen molar-refractivity contribution in [1.82, 2.24) is 0 Å². The van der Waals surface area contributed by atoms with Gasteiger partial charge in [-0.2, -0.15) is 0 Å². The molecule has 0 atom stereocenters. The van der Waals surface area contributed by atoms with Crippen LogP contribution in [0.2, 0.25) is 5.02 Å². The highest BCUT2D eigenvalue weighted by Gasteiger charge is 2.09. The number of hydrogen-bond acceptors (Lipinski definition) is 3. The summed E-state index contributed by atoms with van der Waals surface area (Å²) in [5, 5.41) is 3.32. The Morgan fingerprint density at radius 1 is 1.30 bits per heavy atom. The van der Waals surface area contributed by atoms with Crippen molar-refractivity contribution < 1.29 is 9.53 Å². The van der Waals surface area contributed by atoms with E-state index in [0.717, 1.165) is 0 Å². The smallest absolute Gasteiger partial charge is 0.255 e. The average molecular weight is 291 g/mol. The number of anilines is 2. The normalized spacial score (nSPS) is 10.1. The summed E-state index contributed by atoms with van der Waals surface area (Å²) < 4.78 is 5.37. The van der Waals surface area contributed by atoms with E-state index in [4.69, 9.17) is 22.1 Å². The summed E-state index contributed by atoms with van der Waals surface area (Å²) in [4.78, 5) is 12.2. The van der Waals surface area contributed by atoms with Gasteiger partial charge < -0.3 is 15.8 Å². The molecule has 2 aromatic rings. The van der Waals surface area contributed by atoms with E-state index in [-0.39, 0.29) is 5.91 Å². The number of carbonyl (C=O) groups excluding carboxylic acids is 1. The molecule has 0 fully saturated rings. The number of hydrogen-bond donors (Lipinski definition) is 2. The minimum Gasteiger partial charge on any atom is -0.494 e. The SMILES string of the molecule is CCOc1cc(N)cc(C(=O)Nc2cccc(Cl)c2)c1. The van der Waals surface area contributed by atoms with Gasteiger partial charge in [-0.3, -0.25) is 4.79 Å². The number of ether oxygens (including phenoxy) is 1. The molecule has 1 amide bonds. The summed E-state index contributed by atoms with van der Waals surface area (Å²) in [6, 6.07) is 11.9. The molecule has 0 aliphatic carbocycles. The Balaban J connectivity index is 2.20. The number of halogens is 1. The zero-order chi connectivity index (χ0) is 14.5. The van der Waals surface area contributed by atoms with Crippen molar-refractivity contribution in [3.63, 3.8) is 0 Å². The van der Waals surface area contributed by atoms with Crippen LogP contribution in [0.4, 0.5) is 11.4 Å². The van der Waals surface area contributed by atoms with Crippen molar-refractivity contribution in [2.24, 2.45) is 0 Å². The minimum absolute atomic E-state index is 0.263. The highest BCUT2D eigenvalue weighted by atomic mass is 35.5. The quantitative estimate of drug-likeness (QED) is 0.846. The molecular formula is C15H15ClN2O2. The molecule has 0 saturated carbocycles. The van der Waals surface area contributed by atoms with Gasteiger partial charge in [-0.15, -0.1) is 0 Å². The van der Waals surface area contributed by atoms with Gasteiger partial charge in [-0.1, -0.05) is 17.7 Å². The molecule has 0 aliphatic heterocycles. The Bertz CT molecular complexity index is 629. The maximum Gasteiger partial charge on any atom is 0.255 e. The molecule has 0 spiro atoms. The summed E-state index contributed by atoms with van der Waals surface area (Å²) >= 11 is 5.87. The Morgan fingerprint density at radius 3 is 2.80 bits per heavy atom. The number of benzene rings is 2. The third-order valence-electron chi connectivity index (χ3n) is 2.58. The minimum atomic E-state index is -0.263. The Hall–Kier alpha value is -2.20. The highest BCUT2D eigenvalue weighted by molar-refractivity contribution is 6.30. The van der Waals surface area contributed by atoms with Gasteiger partial charge in [-0.25, -0.2) is 0 Å². The number of amides is 1. The van der Waals surface area contributed by atoms with Crippen LogP contribution < -0.4 is 15.8 Å². The summed E-state index contributed by atoms with van der Waals surface area (Å²) in [5.74, 6) is 0.310. The fraction of sp³-hybridized carbons (Fsp3) is 0.133. The summed E-state index contributed by atoms with van der Waals surface area (Å²) in [6.45, 7) is 2.38. The van der Waals surface area contributed by atoms with Gasteiger partial charge in [0.15, 0.2) is 0 Å². The first kappa shape index (κ1) is 14.2. The van der Waals surface area contributed by atoms with Crippen LogP contribution >= 0.6 is 11.6 Å². The van der Waals surface area contributed by atoms with Crippen LogP contribution in [0.3, 0.4) is 0 Å². The molecule has 3 N–H and O–H groups in total. The number of nitrogen functional groups attached to an aromatic ring is 1. The molecule has 0 heterocycles. The second-order valence-electron chi connectivity index (χ2n) is 4.19. The van der Waals surface area contributed by atoms with Crippen LogP contribution in [0.1, 0.15) is 17.3 Å². The lowest BCUT2D eigenvalue weighted by Crippen LogP contribution is -2.12. The van der Waals surface area contributed by atoms with Gasteiger partial charge in [0, 0.05) is 28.0 Å². The van der Waals surface area contributed by atoms with Gasteiger partial charge in [-0.05, 0) is 37.3 Å². The van der Waals surface area contributed by atoms with E-state index >= 15 is 0 Å². The second kappa shape index (κ2) is 6.30. The van der Waals surface area contributed by atoms with Crippen molar-refractivity contribution in [1.29, 1.82) is 0 Å². The van der Waals surface area contributed by atoms with Crippen LogP contribution in [0.25, 0.3) is 0 Å². The maximum absolute atomic E-state index is 12.2. The van der Waals surface area contributed by atoms with Gasteiger partial charge in [0.2, 0.25) is 0 Å². The summed E-state index contributed by atoms with van der Waals surface area (Å²) in [5.41, 5.74) is 7.31. The van der Waals surface area contributed by atoms with Gasteiger partial charge in [0.05, 0.1) is 6.61 Å². The van der Waals surface area contributed by atoms with Gasteiger partial charge >= 0.3 is 0 Å². The molecule has 5 heteroatoms. The monoisotopic (exact) mass is 290 g/mol. The topological polar surface area (TPSA) is 64.3 Å². The van der Waals surface area contributed by atoms with E-state index in [1.165, 1.54) is 0 Å². The largest absolute Gasteiger partial charge is 0.494 e. The van der Waals surface area contributed by atoms with Gasteiger partial charge in [0.25, 0.3) is 5.91 Å². The Labute approximate surface area is 122 Å². The van der Waals surface area contributed by atoms with Crippen molar-refractivity contribution >= 4 is 28.9 Å². The fourth-order valence-electron chi connectivity index (χ4n) is 1.77. The molecule has 104 valence electrons. The molecule has 0 radical (unpaired) electrons. The number of nitrogens with one attached hydrogen (secondary N) is 1. The van der Waals surface area contributed by atoms with Crippen LogP contribution in [0, 0.1) is 0 Å². The number of rotatable bonds is 4. The first-order valence-electron chi connectivity index (χ1n) is 6.19. The van der Waals surface area contributed by atoms with Crippen LogP contribution in [0.5, 0.6) is 5.75 Å². The zero-order valence-corrected chi connectivity index (χ0v) is 11.8. The van der Waals surface area contributed by atoms with Gasteiger partial charge in [0.1, 0.15) is 5.75 Å². The zero-order valence-electron chi connectivity index (χ0n) is 11.0. The van der Waals surface area contributed by atoms with Crippen molar-refractivity contribution in [3.8, 4) is 5.75 Å². The third-order valence-corrected chi connectivity index (χ3v) is 2.82. The van der Waals surface area contributed by atoms with E-state index in [1.807, 2.05) is 6.92 Å². The number of nitrogens with two attached hydrogens (primary N) is 1. The second-order valence-corrected chi connectivity index (χ2v) is 4.62. The number of carbonyl (C=O) groups is 1.